The zero-order valence-electron chi connectivity index (χ0n) is 17.1. The van der Waals surface area contributed by atoms with Crippen LogP contribution in [0.2, 0.25) is 0 Å². The van der Waals surface area contributed by atoms with Gasteiger partial charge in [0.1, 0.15) is 12.7 Å². The number of nitrogens with one attached hydrogen (secondary N) is 2. The van der Waals surface area contributed by atoms with Crippen LogP contribution in [0, 0.1) is 13.0 Å². The summed E-state index contributed by atoms with van der Waals surface area (Å²) in [7, 11) is -6.03. The maximum atomic E-state index is 13.4. The number of hydrogen-bond acceptors (Lipinski definition) is 3. The minimum absolute atomic E-state index is 0.153. The smallest absolute Gasteiger partial charge is 0.358 e. The van der Waals surface area contributed by atoms with E-state index in [2.05, 4.69) is 20.6 Å². The number of fused-ring (bicyclic) bond motifs is 1. The first-order chi connectivity index (χ1) is 14.2. The third kappa shape index (κ3) is 4.63. The van der Waals surface area contributed by atoms with Gasteiger partial charge in [0.15, 0.2) is 0 Å². The molecule has 2 aromatic carbocycles. The highest BCUT2D eigenvalue weighted by Crippen LogP contribution is 2.39. The molecule has 1 aromatic heterocycles. The summed E-state index contributed by atoms with van der Waals surface area (Å²) in [6.45, 7) is 4.39. The monoisotopic (exact) mass is 470 g/mol. The molecule has 11 heteroatoms. The van der Waals surface area contributed by atoms with Gasteiger partial charge in [0.25, 0.3) is 17.1 Å². The lowest BCUT2D eigenvalue weighted by atomic mass is 10.1. The van der Waals surface area contributed by atoms with Gasteiger partial charge in [-0.3, -0.25) is 4.72 Å². The number of hydrogen-bond donors (Lipinski definition) is 2. The highest BCUT2D eigenvalue weighted by Gasteiger charge is 2.34. The van der Waals surface area contributed by atoms with Gasteiger partial charge in [0.2, 0.25) is 0 Å². The molecule has 0 amide bonds. The van der Waals surface area contributed by atoms with E-state index in [0.717, 1.165) is 17.7 Å². The summed E-state index contributed by atoms with van der Waals surface area (Å²) in [5, 5.41) is 0.509. The van der Waals surface area contributed by atoms with E-state index in [0.29, 0.717) is 22.5 Å². The third-order valence-corrected chi connectivity index (χ3v) is 7.52. The van der Waals surface area contributed by atoms with E-state index < -0.39 is 33.8 Å². The number of anilines is 1. The van der Waals surface area contributed by atoms with Gasteiger partial charge < -0.3 is 9.55 Å². The number of benzene rings is 2. The standard InChI is InChI=1S/C20H19F3N3O3PS/c1-12-5-6-17(19-18(12)13(10-24-2)11-25-19)26-31(28,29)16-8-14(20(21,22)23)7-15(9-16)30(3,4)27/h5-9,11,26H,1-4H3/p+1. The van der Waals surface area contributed by atoms with Gasteiger partial charge in [-0.2, -0.15) is 13.2 Å². The van der Waals surface area contributed by atoms with E-state index in [1.807, 2.05) is 6.92 Å². The summed E-state index contributed by atoms with van der Waals surface area (Å²) < 4.78 is 80.8. The third-order valence-electron chi connectivity index (χ3n) is 4.67. The van der Waals surface area contributed by atoms with Gasteiger partial charge in [0, 0.05) is 16.9 Å². The van der Waals surface area contributed by atoms with E-state index in [1.54, 1.807) is 19.3 Å². The van der Waals surface area contributed by atoms with Crippen LogP contribution in [0.4, 0.5) is 18.9 Å². The minimum Gasteiger partial charge on any atom is -0.358 e. The Balaban J connectivity index is 2.16. The predicted octanol–water partition coefficient (Wildman–Crippen LogP) is 4.85. The Morgan fingerprint density at radius 2 is 1.84 bits per heavy atom. The molecule has 0 aliphatic carbocycles. The van der Waals surface area contributed by atoms with Gasteiger partial charge >= 0.3 is 12.2 Å². The fourth-order valence-electron chi connectivity index (χ4n) is 3.13. The Kier molecular flexibility index (Phi) is 5.72. The zero-order chi connectivity index (χ0) is 23.2. The molecule has 6 nitrogen and oxygen atoms in total. The summed E-state index contributed by atoms with van der Waals surface area (Å²) in [6, 6.07) is 8.26. The van der Waals surface area contributed by atoms with Crippen molar-refractivity contribution in [3.63, 3.8) is 0 Å². The molecule has 0 radical (unpaired) electrons. The average molecular weight is 470 g/mol. The summed E-state index contributed by atoms with van der Waals surface area (Å²) >= 11 is 0. The number of sulfonamides is 1. The molecule has 0 spiro atoms. The SMILES string of the molecule is C[N+]#Cc1c[nH]c2c(NS(=O)(=O)c3cc(C(F)(F)F)cc(P(C)(C)=O)c3)ccc(C)c12. The predicted molar refractivity (Wildman–Crippen MR) is 117 cm³/mol. The van der Waals surface area contributed by atoms with Gasteiger partial charge in [-0.1, -0.05) is 10.9 Å². The molecule has 0 bridgehead atoms. The molecular weight excluding hydrogens is 450 g/mol. The van der Waals surface area contributed by atoms with Crippen molar-refractivity contribution in [3.8, 4) is 6.07 Å². The zero-order valence-corrected chi connectivity index (χ0v) is 18.8. The molecule has 0 saturated heterocycles. The minimum atomic E-state index is -4.80. The maximum Gasteiger partial charge on any atom is 0.416 e. The second-order valence-corrected chi connectivity index (χ2v) is 12.3. The first-order valence-corrected chi connectivity index (χ1v) is 13.1. The van der Waals surface area contributed by atoms with Crippen molar-refractivity contribution in [3.05, 3.63) is 58.1 Å². The van der Waals surface area contributed by atoms with E-state index in [1.165, 1.54) is 19.4 Å². The van der Waals surface area contributed by atoms with Crippen molar-refractivity contribution in [1.82, 2.24) is 4.98 Å². The van der Waals surface area contributed by atoms with E-state index >= 15 is 0 Å². The van der Waals surface area contributed by atoms with Gasteiger partial charge in [-0.25, -0.2) is 8.42 Å². The van der Waals surface area contributed by atoms with Crippen molar-refractivity contribution in [2.24, 2.45) is 0 Å². The van der Waals surface area contributed by atoms with Gasteiger partial charge in [0.05, 0.1) is 21.7 Å². The molecule has 0 atom stereocenters. The molecule has 164 valence electrons. The quantitative estimate of drug-likeness (QED) is 0.535. The molecule has 0 aliphatic rings. The van der Waals surface area contributed by atoms with E-state index in [-0.39, 0.29) is 11.0 Å². The first-order valence-electron chi connectivity index (χ1n) is 9.00. The Morgan fingerprint density at radius 3 is 2.42 bits per heavy atom. The topological polar surface area (TPSA) is 83.4 Å². The molecule has 3 rings (SSSR count). The van der Waals surface area contributed by atoms with Crippen molar-refractivity contribution >= 4 is 39.1 Å². The maximum absolute atomic E-state index is 13.4. The number of aromatic nitrogens is 1. The highest BCUT2D eigenvalue weighted by molar-refractivity contribution is 7.92. The first kappa shape index (κ1) is 22.9. The fourth-order valence-corrected chi connectivity index (χ4v) is 5.26. The van der Waals surface area contributed by atoms with Crippen LogP contribution in [-0.4, -0.2) is 33.8 Å². The molecule has 31 heavy (non-hydrogen) atoms. The lowest BCUT2D eigenvalue weighted by Gasteiger charge is -2.16. The average Bonchev–Trinajstić information content (AvgIpc) is 3.07. The molecule has 0 aliphatic heterocycles. The number of nitrogens with zero attached hydrogens (tertiary/aromatic N) is 1. The summed E-state index contributed by atoms with van der Waals surface area (Å²) in [4.78, 5) is 6.18. The molecule has 2 N–H and O–H groups in total. The van der Waals surface area contributed by atoms with Crippen LogP contribution < -0.4 is 10.0 Å². The van der Waals surface area contributed by atoms with E-state index in [4.69, 9.17) is 0 Å². The van der Waals surface area contributed by atoms with Crippen LogP contribution in [0.25, 0.3) is 15.7 Å². The molecule has 0 fully saturated rings. The Hall–Kier alpha value is -2.76. The number of halogens is 3. The number of alkyl halides is 3. The Bertz CT molecular complexity index is 1390. The number of aryl methyl sites for hydroxylation is 1. The van der Waals surface area contributed by atoms with Gasteiger partial charge in [-0.05, 0) is 50.1 Å². The molecular formula is C20H20F3N3O3PS+. The van der Waals surface area contributed by atoms with Crippen molar-refractivity contribution in [1.29, 1.82) is 0 Å². The van der Waals surface area contributed by atoms with Crippen LogP contribution in [0.15, 0.2) is 41.4 Å². The van der Waals surface area contributed by atoms with Gasteiger partial charge in [-0.15, -0.1) is 0 Å². The second kappa shape index (κ2) is 7.74. The molecule has 0 saturated carbocycles. The summed E-state index contributed by atoms with van der Waals surface area (Å²) in [5.41, 5.74) is 0.873. The van der Waals surface area contributed by atoms with Crippen LogP contribution in [-0.2, 0) is 20.8 Å². The lowest BCUT2D eigenvalue weighted by molar-refractivity contribution is -0.137. The Labute approximate surface area is 177 Å². The summed E-state index contributed by atoms with van der Waals surface area (Å²) in [6.07, 6.45) is -3.19. The van der Waals surface area contributed by atoms with Crippen LogP contribution >= 0.6 is 7.14 Å². The van der Waals surface area contributed by atoms with Crippen molar-refractivity contribution < 1.29 is 26.2 Å². The lowest BCUT2D eigenvalue weighted by Crippen LogP contribution is -2.19. The fraction of sp³-hybridized carbons (Fsp3) is 0.250. The molecule has 1 heterocycles. The highest BCUT2D eigenvalue weighted by atomic mass is 32.2. The van der Waals surface area contributed by atoms with Crippen LogP contribution in [0.1, 0.15) is 16.7 Å². The second-order valence-electron chi connectivity index (χ2n) is 7.39. The van der Waals surface area contributed by atoms with Crippen LogP contribution in [0.5, 0.6) is 0 Å². The molecule has 0 unspecified atom stereocenters. The van der Waals surface area contributed by atoms with Crippen LogP contribution in [0.3, 0.4) is 0 Å². The Morgan fingerprint density at radius 1 is 1.16 bits per heavy atom. The normalized spacial score (nSPS) is 12.5. The van der Waals surface area contributed by atoms with Crippen molar-refractivity contribution in [2.45, 2.75) is 18.0 Å². The summed E-state index contributed by atoms with van der Waals surface area (Å²) in [5.74, 6) is 0. The largest absolute Gasteiger partial charge is 0.416 e. The number of rotatable bonds is 4. The molecule has 3 aromatic rings. The number of aromatic amines is 1. The van der Waals surface area contributed by atoms with Crippen molar-refractivity contribution in [2.75, 3.05) is 25.1 Å². The number of H-pyrrole nitrogens is 1. The van der Waals surface area contributed by atoms with E-state index in [9.17, 15) is 26.2 Å².